The third-order valence-corrected chi connectivity index (χ3v) is 4.11. The van der Waals surface area contributed by atoms with Crippen LogP contribution in [0.15, 0.2) is 16.7 Å². The third-order valence-electron chi connectivity index (χ3n) is 4.11. The minimum atomic E-state index is 0.723. The third kappa shape index (κ3) is 3.66. The van der Waals surface area contributed by atoms with Gasteiger partial charge in [0, 0.05) is 43.1 Å². The van der Waals surface area contributed by atoms with Gasteiger partial charge in [-0.1, -0.05) is 12.1 Å². The summed E-state index contributed by atoms with van der Waals surface area (Å²) in [5.41, 5.74) is 4.48. The number of nitrogens with zero attached hydrogens (tertiary/aromatic N) is 4. The van der Waals surface area contributed by atoms with Crippen LogP contribution in [0.25, 0.3) is 17.0 Å². The molecule has 134 valence electrons. The van der Waals surface area contributed by atoms with Crippen molar-refractivity contribution in [1.29, 1.82) is 0 Å². The molecule has 0 saturated carbocycles. The summed E-state index contributed by atoms with van der Waals surface area (Å²) in [6.45, 7) is 10.4. The van der Waals surface area contributed by atoms with Gasteiger partial charge in [0.1, 0.15) is 23.0 Å². The summed E-state index contributed by atoms with van der Waals surface area (Å²) in [6.07, 6.45) is 1.83. The molecule has 0 aromatic carbocycles. The molecule has 3 aromatic rings. The molecule has 0 radical (unpaired) electrons. The Morgan fingerprint density at radius 3 is 2.72 bits per heavy atom. The normalized spacial score (nSPS) is 11.4. The van der Waals surface area contributed by atoms with Crippen LogP contribution in [-0.2, 0) is 11.2 Å². The van der Waals surface area contributed by atoms with Crippen LogP contribution in [-0.4, -0.2) is 39.5 Å². The summed E-state index contributed by atoms with van der Waals surface area (Å²) < 4.78 is 12.4. The molecular formula is C18H25N5O2. The highest BCUT2D eigenvalue weighted by Crippen LogP contribution is 2.25. The lowest BCUT2D eigenvalue weighted by Crippen LogP contribution is -2.13. The maximum absolute atomic E-state index is 5.41. The van der Waals surface area contributed by atoms with E-state index in [1.165, 1.54) is 5.56 Å². The molecule has 1 N–H and O–H groups in total. The fourth-order valence-corrected chi connectivity index (χ4v) is 2.90. The van der Waals surface area contributed by atoms with E-state index in [1.807, 2.05) is 37.4 Å². The van der Waals surface area contributed by atoms with Gasteiger partial charge >= 0.3 is 0 Å². The predicted octanol–water partition coefficient (Wildman–Crippen LogP) is 3.40. The zero-order valence-corrected chi connectivity index (χ0v) is 15.3. The molecule has 0 spiro atoms. The van der Waals surface area contributed by atoms with Gasteiger partial charge in [-0.3, -0.25) is 0 Å². The molecule has 3 heterocycles. The highest BCUT2D eigenvalue weighted by atomic mass is 16.5. The van der Waals surface area contributed by atoms with Gasteiger partial charge in [-0.15, -0.1) is 0 Å². The second-order valence-electron chi connectivity index (χ2n) is 5.98. The van der Waals surface area contributed by atoms with Crippen LogP contribution in [0.4, 0.5) is 5.82 Å². The molecule has 0 fully saturated rings. The summed E-state index contributed by atoms with van der Waals surface area (Å²) in [5.74, 6) is 1.76. The molecule has 0 saturated heterocycles. The predicted molar refractivity (Wildman–Crippen MR) is 96.9 cm³/mol. The lowest BCUT2D eigenvalue weighted by molar-refractivity contribution is 0.147. The highest BCUT2D eigenvalue weighted by Gasteiger charge is 2.16. The van der Waals surface area contributed by atoms with E-state index < -0.39 is 0 Å². The Kier molecular flexibility index (Phi) is 5.33. The number of hydrogen-bond acceptors (Lipinski definition) is 6. The van der Waals surface area contributed by atoms with Crippen LogP contribution < -0.4 is 5.32 Å². The maximum Gasteiger partial charge on any atom is 0.158 e. The molecule has 25 heavy (non-hydrogen) atoms. The number of rotatable bonds is 8. The molecule has 3 aromatic heterocycles. The molecule has 0 atom stereocenters. The molecule has 3 rings (SSSR count). The van der Waals surface area contributed by atoms with Crippen molar-refractivity contribution >= 4 is 11.5 Å². The van der Waals surface area contributed by atoms with Gasteiger partial charge in [0.15, 0.2) is 5.65 Å². The minimum absolute atomic E-state index is 0.723. The number of anilines is 1. The van der Waals surface area contributed by atoms with Crippen molar-refractivity contribution in [3.05, 3.63) is 29.2 Å². The number of hydrogen-bond donors (Lipinski definition) is 1. The first-order valence-electron chi connectivity index (χ1n) is 8.78. The van der Waals surface area contributed by atoms with Crippen molar-refractivity contribution in [3.8, 4) is 11.4 Å². The zero-order valence-electron chi connectivity index (χ0n) is 15.3. The average Bonchev–Trinajstić information content (AvgIpc) is 3.20. The molecule has 0 amide bonds. The number of ether oxygens (including phenoxy) is 1. The molecule has 0 bridgehead atoms. The van der Waals surface area contributed by atoms with Gasteiger partial charge in [0.2, 0.25) is 0 Å². The molecule has 7 nitrogen and oxygen atoms in total. The Morgan fingerprint density at radius 1 is 1.20 bits per heavy atom. The maximum atomic E-state index is 5.41. The van der Waals surface area contributed by atoms with Gasteiger partial charge in [-0.25, -0.2) is 4.98 Å². The Morgan fingerprint density at radius 2 is 2.04 bits per heavy atom. The number of aromatic nitrogens is 4. The molecule has 0 aliphatic carbocycles. The van der Waals surface area contributed by atoms with Crippen LogP contribution in [0.3, 0.4) is 0 Å². The summed E-state index contributed by atoms with van der Waals surface area (Å²) in [7, 11) is 0. The van der Waals surface area contributed by atoms with E-state index in [4.69, 9.17) is 19.3 Å². The average molecular weight is 343 g/mol. The smallest absolute Gasteiger partial charge is 0.158 e. The molecule has 0 aliphatic rings. The first-order valence-corrected chi connectivity index (χ1v) is 8.78. The van der Waals surface area contributed by atoms with Gasteiger partial charge < -0.3 is 14.6 Å². The molecule has 0 unspecified atom stereocenters. The second kappa shape index (κ2) is 7.65. The zero-order chi connectivity index (χ0) is 17.8. The summed E-state index contributed by atoms with van der Waals surface area (Å²) in [5, 5.41) is 12.3. The van der Waals surface area contributed by atoms with Crippen LogP contribution in [0.2, 0.25) is 0 Å². The number of fused-ring (bicyclic) bond motifs is 1. The summed E-state index contributed by atoms with van der Waals surface area (Å²) >= 11 is 0. The van der Waals surface area contributed by atoms with Crippen LogP contribution in [0, 0.1) is 13.8 Å². The molecule has 0 aliphatic heterocycles. The Balaban J connectivity index is 1.95. The van der Waals surface area contributed by atoms with E-state index in [1.54, 1.807) is 0 Å². The summed E-state index contributed by atoms with van der Waals surface area (Å²) in [6, 6.07) is 3.82. The first-order chi connectivity index (χ1) is 12.1. The Labute approximate surface area is 147 Å². The van der Waals surface area contributed by atoms with Gasteiger partial charge in [-0.05, 0) is 33.6 Å². The van der Waals surface area contributed by atoms with Crippen LogP contribution in [0.1, 0.15) is 37.3 Å². The van der Waals surface area contributed by atoms with Crippen molar-refractivity contribution in [1.82, 2.24) is 19.8 Å². The standard InChI is InChI=1S/C18H25N5O2/c1-5-14-13(4)20-17-11-15(16-10-12(3)25-22-16)21-23(17)18(14)19-8-7-9-24-6-2/h10-11,19H,5-9H2,1-4H3. The van der Waals surface area contributed by atoms with E-state index in [-0.39, 0.29) is 0 Å². The van der Waals surface area contributed by atoms with Crippen LogP contribution >= 0.6 is 0 Å². The van der Waals surface area contributed by atoms with Crippen molar-refractivity contribution < 1.29 is 9.26 Å². The number of nitrogens with one attached hydrogen (secondary N) is 1. The van der Waals surface area contributed by atoms with E-state index in [2.05, 4.69) is 17.4 Å². The largest absolute Gasteiger partial charge is 0.382 e. The van der Waals surface area contributed by atoms with Gasteiger partial charge in [-0.2, -0.15) is 9.61 Å². The van der Waals surface area contributed by atoms with E-state index in [0.717, 1.165) is 66.9 Å². The fourth-order valence-electron chi connectivity index (χ4n) is 2.90. The lowest BCUT2D eigenvalue weighted by atomic mass is 10.1. The van der Waals surface area contributed by atoms with Gasteiger partial charge in [0.25, 0.3) is 0 Å². The second-order valence-corrected chi connectivity index (χ2v) is 5.98. The highest BCUT2D eigenvalue weighted by molar-refractivity contribution is 5.64. The summed E-state index contributed by atoms with van der Waals surface area (Å²) in [4.78, 5) is 4.70. The quantitative estimate of drug-likeness (QED) is 0.632. The van der Waals surface area contributed by atoms with E-state index >= 15 is 0 Å². The monoisotopic (exact) mass is 343 g/mol. The Bertz CT molecular complexity index is 853. The molecular weight excluding hydrogens is 318 g/mol. The van der Waals surface area contributed by atoms with Crippen molar-refractivity contribution in [2.24, 2.45) is 0 Å². The van der Waals surface area contributed by atoms with Crippen molar-refractivity contribution in [2.75, 3.05) is 25.1 Å². The lowest BCUT2D eigenvalue weighted by Gasteiger charge is -2.14. The van der Waals surface area contributed by atoms with Crippen LogP contribution in [0.5, 0.6) is 0 Å². The first kappa shape index (κ1) is 17.4. The Hall–Kier alpha value is -2.41. The van der Waals surface area contributed by atoms with E-state index in [0.29, 0.717) is 0 Å². The van der Waals surface area contributed by atoms with Gasteiger partial charge in [0.05, 0.1) is 0 Å². The van der Waals surface area contributed by atoms with Crippen molar-refractivity contribution in [3.63, 3.8) is 0 Å². The van der Waals surface area contributed by atoms with E-state index in [9.17, 15) is 0 Å². The number of aryl methyl sites for hydroxylation is 2. The SMILES string of the molecule is CCOCCCNc1c(CC)c(C)nc2cc(-c3cc(C)on3)nn12. The fraction of sp³-hybridized carbons (Fsp3) is 0.500. The minimum Gasteiger partial charge on any atom is -0.382 e. The topological polar surface area (TPSA) is 77.5 Å². The molecule has 7 heteroatoms. The van der Waals surface area contributed by atoms with Crippen molar-refractivity contribution in [2.45, 2.75) is 40.5 Å².